The molecule has 1 N–H and O–H groups in total. The van der Waals surface area contributed by atoms with Crippen molar-refractivity contribution in [2.75, 3.05) is 5.32 Å². The fourth-order valence-electron chi connectivity index (χ4n) is 2.80. The zero-order chi connectivity index (χ0) is 20.2. The van der Waals surface area contributed by atoms with Crippen molar-refractivity contribution in [3.63, 3.8) is 0 Å². The average Bonchev–Trinajstić information content (AvgIpc) is 2.73. The molecule has 0 unspecified atom stereocenters. The van der Waals surface area contributed by atoms with Gasteiger partial charge in [0.1, 0.15) is 0 Å². The van der Waals surface area contributed by atoms with Gasteiger partial charge < -0.3 is 9.73 Å². The van der Waals surface area contributed by atoms with Gasteiger partial charge in [0.25, 0.3) is 0 Å². The minimum Gasteiger partial charge on any atom is -0.403 e. The average molecular weight is 447 g/mol. The number of anilines is 1. The SMILES string of the molecule is O=C(/C=C/c1ccc(Br)cc1)Nc1cccc(-c2nc3ccccc3c(=O)o2)c1. The molecule has 3 aromatic carbocycles. The van der Waals surface area contributed by atoms with Crippen molar-refractivity contribution in [3.8, 4) is 11.5 Å². The first-order valence-electron chi connectivity index (χ1n) is 8.83. The molecule has 29 heavy (non-hydrogen) atoms. The molecule has 0 spiro atoms. The van der Waals surface area contributed by atoms with Crippen LogP contribution in [0.2, 0.25) is 0 Å². The number of carbonyl (C=O) groups is 1. The van der Waals surface area contributed by atoms with E-state index in [0.29, 0.717) is 22.2 Å². The molecule has 4 rings (SSSR count). The lowest BCUT2D eigenvalue weighted by atomic mass is 10.2. The van der Waals surface area contributed by atoms with Crippen molar-refractivity contribution in [3.05, 3.63) is 99.3 Å². The fraction of sp³-hybridized carbons (Fsp3) is 0. The van der Waals surface area contributed by atoms with Gasteiger partial charge in [0.2, 0.25) is 11.8 Å². The van der Waals surface area contributed by atoms with E-state index in [-0.39, 0.29) is 11.8 Å². The number of rotatable bonds is 4. The van der Waals surface area contributed by atoms with Crippen molar-refractivity contribution >= 4 is 44.5 Å². The van der Waals surface area contributed by atoms with Gasteiger partial charge in [-0.1, -0.05) is 46.3 Å². The molecule has 0 atom stereocenters. The van der Waals surface area contributed by atoms with E-state index in [0.717, 1.165) is 10.0 Å². The summed E-state index contributed by atoms with van der Waals surface area (Å²) in [4.78, 5) is 28.8. The van der Waals surface area contributed by atoms with Crippen molar-refractivity contribution < 1.29 is 9.21 Å². The van der Waals surface area contributed by atoms with Crippen LogP contribution in [0.1, 0.15) is 5.56 Å². The number of fused-ring (bicyclic) bond motifs is 1. The van der Waals surface area contributed by atoms with Crippen molar-refractivity contribution in [1.29, 1.82) is 0 Å². The van der Waals surface area contributed by atoms with Crippen LogP contribution in [0.3, 0.4) is 0 Å². The van der Waals surface area contributed by atoms with E-state index >= 15 is 0 Å². The Morgan fingerprint density at radius 3 is 2.62 bits per heavy atom. The molecule has 0 aliphatic heterocycles. The first-order valence-corrected chi connectivity index (χ1v) is 9.63. The third-order valence-corrected chi connectivity index (χ3v) is 4.74. The quantitative estimate of drug-likeness (QED) is 0.433. The zero-order valence-corrected chi connectivity index (χ0v) is 16.7. The van der Waals surface area contributed by atoms with Gasteiger partial charge in [0.15, 0.2) is 0 Å². The highest BCUT2D eigenvalue weighted by Gasteiger charge is 2.09. The number of aromatic nitrogens is 1. The van der Waals surface area contributed by atoms with Gasteiger partial charge in [0.05, 0.1) is 10.9 Å². The van der Waals surface area contributed by atoms with E-state index in [9.17, 15) is 9.59 Å². The predicted octanol–water partition coefficient (Wildman–Crippen LogP) is 5.27. The predicted molar refractivity (Wildman–Crippen MR) is 118 cm³/mol. The number of halogens is 1. The molecule has 6 heteroatoms. The number of hydrogen-bond acceptors (Lipinski definition) is 4. The first kappa shape index (κ1) is 18.8. The van der Waals surface area contributed by atoms with Crippen LogP contribution in [0.5, 0.6) is 0 Å². The van der Waals surface area contributed by atoms with Crippen LogP contribution < -0.4 is 10.9 Å². The third kappa shape index (κ3) is 4.50. The third-order valence-electron chi connectivity index (χ3n) is 4.21. The summed E-state index contributed by atoms with van der Waals surface area (Å²) in [5, 5.41) is 3.23. The van der Waals surface area contributed by atoms with Gasteiger partial charge in [-0.2, -0.15) is 0 Å². The summed E-state index contributed by atoms with van der Waals surface area (Å²) < 4.78 is 6.33. The van der Waals surface area contributed by atoms with Gasteiger partial charge in [0, 0.05) is 21.8 Å². The molecule has 1 amide bonds. The van der Waals surface area contributed by atoms with Gasteiger partial charge in [-0.05, 0) is 54.1 Å². The zero-order valence-electron chi connectivity index (χ0n) is 15.1. The molecule has 0 saturated heterocycles. The molecule has 1 heterocycles. The number of hydrogen-bond donors (Lipinski definition) is 1. The molecule has 1 aromatic heterocycles. The molecule has 0 radical (unpaired) electrons. The number of nitrogens with one attached hydrogen (secondary N) is 1. The summed E-state index contributed by atoms with van der Waals surface area (Å²) in [6, 6.07) is 21.6. The maximum absolute atomic E-state index is 12.2. The summed E-state index contributed by atoms with van der Waals surface area (Å²) in [5.74, 6) is -0.0619. The van der Waals surface area contributed by atoms with Crippen LogP contribution in [0.15, 0.2) is 92.6 Å². The molecular weight excluding hydrogens is 432 g/mol. The Hall–Kier alpha value is -3.51. The maximum atomic E-state index is 12.2. The molecular formula is C23H15BrN2O3. The number of amides is 1. The lowest BCUT2D eigenvalue weighted by molar-refractivity contribution is -0.111. The van der Waals surface area contributed by atoms with Crippen LogP contribution in [0, 0.1) is 0 Å². The Labute approximate surface area is 174 Å². The minimum absolute atomic E-state index is 0.204. The van der Waals surface area contributed by atoms with E-state index < -0.39 is 5.63 Å². The largest absolute Gasteiger partial charge is 0.403 e. The molecule has 0 fully saturated rings. The summed E-state index contributed by atoms with van der Waals surface area (Å²) in [6.07, 6.45) is 3.19. The topological polar surface area (TPSA) is 72.2 Å². The molecule has 5 nitrogen and oxygen atoms in total. The van der Waals surface area contributed by atoms with E-state index in [1.165, 1.54) is 6.08 Å². The monoisotopic (exact) mass is 446 g/mol. The number of benzene rings is 3. The van der Waals surface area contributed by atoms with Crippen LogP contribution >= 0.6 is 15.9 Å². The Morgan fingerprint density at radius 1 is 1.00 bits per heavy atom. The van der Waals surface area contributed by atoms with Crippen LogP contribution in [-0.4, -0.2) is 10.9 Å². The van der Waals surface area contributed by atoms with E-state index in [4.69, 9.17) is 4.42 Å². The van der Waals surface area contributed by atoms with E-state index in [1.54, 1.807) is 48.5 Å². The molecule has 142 valence electrons. The number of nitrogens with zero attached hydrogens (tertiary/aromatic N) is 1. The molecule has 0 aliphatic rings. The number of para-hydroxylation sites is 1. The summed E-state index contributed by atoms with van der Waals surface area (Å²) >= 11 is 3.38. The normalized spacial score (nSPS) is 11.1. The minimum atomic E-state index is -0.447. The smallest absolute Gasteiger partial charge is 0.347 e. The van der Waals surface area contributed by atoms with Gasteiger partial charge in [-0.3, -0.25) is 4.79 Å². The second-order valence-corrected chi connectivity index (χ2v) is 7.19. The Kier molecular flexibility index (Phi) is 5.35. The van der Waals surface area contributed by atoms with E-state index in [1.807, 2.05) is 30.3 Å². The van der Waals surface area contributed by atoms with Crippen molar-refractivity contribution in [2.45, 2.75) is 0 Å². The molecule has 0 bridgehead atoms. The fourth-order valence-corrected chi connectivity index (χ4v) is 3.07. The van der Waals surface area contributed by atoms with Gasteiger partial charge in [-0.25, -0.2) is 9.78 Å². The maximum Gasteiger partial charge on any atom is 0.347 e. The summed E-state index contributed by atoms with van der Waals surface area (Å²) in [5.41, 5.74) is 2.20. The highest BCUT2D eigenvalue weighted by molar-refractivity contribution is 9.10. The molecule has 0 saturated carbocycles. The van der Waals surface area contributed by atoms with Crippen molar-refractivity contribution in [1.82, 2.24) is 4.98 Å². The lowest BCUT2D eigenvalue weighted by Gasteiger charge is -2.05. The highest BCUT2D eigenvalue weighted by Crippen LogP contribution is 2.22. The Morgan fingerprint density at radius 2 is 1.79 bits per heavy atom. The van der Waals surface area contributed by atoms with Crippen LogP contribution in [0.25, 0.3) is 28.4 Å². The summed E-state index contributed by atoms with van der Waals surface area (Å²) in [6.45, 7) is 0. The van der Waals surface area contributed by atoms with Crippen LogP contribution in [0.4, 0.5) is 5.69 Å². The highest BCUT2D eigenvalue weighted by atomic mass is 79.9. The Bertz CT molecular complexity index is 1280. The lowest BCUT2D eigenvalue weighted by Crippen LogP contribution is -2.08. The van der Waals surface area contributed by atoms with Crippen molar-refractivity contribution in [2.24, 2.45) is 0 Å². The second-order valence-electron chi connectivity index (χ2n) is 6.28. The first-order chi connectivity index (χ1) is 14.1. The van der Waals surface area contributed by atoms with Gasteiger partial charge in [-0.15, -0.1) is 0 Å². The van der Waals surface area contributed by atoms with Crippen LogP contribution in [-0.2, 0) is 4.79 Å². The standard InChI is InChI=1S/C23H15BrN2O3/c24-17-11-8-15(9-12-17)10-13-21(27)25-18-5-3-4-16(14-18)22-26-20-7-2-1-6-19(20)23(28)29-22/h1-14H,(H,25,27)/b13-10+. The molecule has 0 aliphatic carbocycles. The van der Waals surface area contributed by atoms with Gasteiger partial charge >= 0.3 is 5.63 Å². The second kappa shape index (κ2) is 8.24. The Balaban J connectivity index is 1.55. The number of carbonyl (C=O) groups excluding carboxylic acids is 1. The summed E-state index contributed by atoms with van der Waals surface area (Å²) in [7, 11) is 0. The molecule has 4 aromatic rings. The van der Waals surface area contributed by atoms with E-state index in [2.05, 4.69) is 26.2 Å².